The molecule has 0 aliphatic rings. The van der Waals surface area contributed by atoms with Gasteiger partial charge < -0.3 is 10.2 Å². The Hall–Kier alpha value is -1.86. The summed E-state index contributed by atoms with van der Waals surface area (Å²) in [6, 6.07) is 5.34. The van der Waals surface area contributed by atoms with E-state index in [2.05, 4.69) is 0 Å². The molecular weight excluding hydrogens is 206 g/mol. The molecule has 4 nitrogen and oxygen atoms in total. The largest absolute Gasteiger partial charge is 0.481 e. The third-order valence-electron chi connectivity index (χ3n) is 2.38. The van der Waals surface area contributed by atoms with E-state index in [1.165, 1.54) is 0 Å². The van der Waals surface area contributed by atoms with Gasteiger partial charge >= 0.3 is 5.97 Å². The van der Waals surface area contributed by atoms with Gasteiger partial charge in [0.1, 0.15) is 0 Å². The van der Waals surface area contributed by atoms with E-state index in [0.29, 0.717) is 23.1 Å². The van der Waals surface area contributed by atoms with Gasteiger partial charge in [-0.3, -0.25) is 4.79 Å². The van der Waals surface area contributed by atoms with Gasteiger partial charge in [-0.15, -0.1) is 0 Å². The van der Waals surface area contributed by atoms with Gasteiger partial charge in [0.15, 0.2) is 0 Å². The van der Waals surface area contributed by atoms with Crippen LogP contribution in [0.5, 0.6) is 0 Å². The van der Waals surface area contributed by atoms with Crippen molar-refractivity contribution < 1.29 is 15.0 Å². The standard InChI is InChI=1S/C12H13NO3/c1-2-9-3-8(7-14)4-10(5-12(15)16)11(9)6-13/h3-4,14H,2,5,7H2,1H3,(H,15,16). The van der Waals surface area contributed by atoms with Crippen molar-refractivity contribution in [3.63, 3.8) is 0 Å². The second-order valence-corrected chi connectivity index (χ2v) is 3.48. The summed E-state index contributed by atoms with van der Waals surface area (Å²) >= 11 is 0. The summed E-state index contributed by atoms with van der Waals surface area (Å²) in [6.45, 7) is 1.74. The summed E-state index contributed by atoms with van der Waals surface area (Å²) < 4.78 is 0. The maximum Gasteiger partial charge on any atom is 0.307 e. The highest BCUT2D eigenvalue weighted by Crippen LogP contribution is 2.19. The fourth-order valence-electron chi connectivity index (χ4n) is 1.66. The number of aliphatic hydroxyl groups is 1. The predicted octanol–water partition coefficient (Wildman–Crippen LogP) is 1.24. The lowest BCUT2D eigenvalue weighted by molar-refractivity contribution is -0.136. The number of aliphatic carboxylic acids is 1. The van der Waals surface area contributed by atoms with Crippen LogP contribution < -0.4 is 0 Å². The summed E-state index contributed by atoms with van der Waals surface area (Å²) in [6.07, 6.45) is 0.451. The van der Waals surface area contributed by atoms with Crippen molar-refractivity contribution in [3.8, 4) is 6.07 Å². The zero-order chi connectivity index (χ0) is 12.1. The first-order valence-electron chi connectivity index (χ1n) is 4.99. The number of benzene rings is 1. The molecule has 0 aliphatic heterocycles. The molecule has 4 heteroatoms. The first kappa shape index (κ1) is 12.2. The highest BCUT2D eigenvalue weighted by Gasteiger charge is 2.12. The number of aliphatic hydroxyl groups excluding tert-OH is 1. The topological polar surface area (TPSA) is 81.3 Å². The van der Waals surface area contributed by atoms with Crippen LogP contribution in [0.1, 0.15) is 29.2 Å². The van der Waals surface area contributed by atoms with Crippen LogP contribution in [0.3, 0.4) is 0 Å². The molecular formula is C12H13NO3. The van der Waals surface area contributed by atoms with E-state index in [-0.39, 0.29) is 13.0 Å². The van der Waals surface area contributed by atoms with Crippen molar-refractivity contribution in [1.29, 1.82) is 5.26 Å². The van der Waals surface area contributed by atoms with Crippen molar-refractivity contribution in [3.05, 3.63) is 34.4 Å². The molecule has 0 fully saturated rings. The highest BCUT2D eigenvalue weighted by molar-refractivity contribution is 5.72. The molecule has 1 rings (SSSR count). The molecule has 0 amide bonds. The Morgan fingerprint density at radius 2 is 2.06 bits per heavy atom. The van der Waals surface area contributed by atoms with Crippen LogP contribution in [0.4, 0.5) is 0 Å². The number of carboxylic acid groups (broad SMARTS) is 1. The maximum atomic E-state index is 10.7. The van der Waals surface area contributed by atoms with Crippen molar-refractivity contribution >= 4 is 5.97 Å². The normalized spacial score (nSPS) is 9.81. The molecule has 0 radical (unpaired) electrons. The van der Waals surface area contributed by atoms with E-state index in [0.717, 1.165) is 5.56 Å². The van der Waals surface area contributed by atoms with Gasteiger partial charge in [0, 0.05) is 0 Å². The number of carboxylic acids is 1. The van der Waals surface area contributed by atoms with Crippen LogP contribution in [0.25, 0.3) is 0 Å². The summed E-state index contributed by atoms with van der Waals surface area (Å²) in [5.74, 6) is -0.978. The molecule has 1 aromatic rings. The first-order chi connectivity index (χ1) is 7.62. The van der Waals surface area contributed by atoms with Crippen LogP contribution in [-0.4, -0.2) is 16.2 Å². The molecule has 0 aliphatic carbocycles. The molecule has 0 atom stereocenters. The van der Waals surface area contributed by atoms with E-state index >= 15 is 0 Å². The minimum Gasteiger partial charge on any atom is -0.481 e. The van der Waals surface area contributed by atoms with Gasteiger partial charge in [-0.25, -0.2) is 0 Å². The van der Waals surface area contributed by atoms with Crippen molar-refractivity contribution in [2.75, 3.05) is 0 Å². The lowest BCUT2D eigenvalue weighted by atomic mass is 9.95. The summed E-state index contributed by atoms with van der Waals surface area (Å²) in [7, 11) is 0. The summed E-state index contributed by atoms with van der Waals surface area (Å²) in [5, 5.41) is 26.8. The van der Waals surface area contributed by atoms with E-state index in [9.17, 15) is 4.79 Å². The monoisotopic (exact) mass is 219 g/mol. The number of rotatable bonds is 4. The number of hydrogen-bond acceptors (Lipinski definition) is 3. The van der Waals surface area contributed by atoms with Crippen molar-refractivity contribution in [2.24, 2.45) is 0 Å². The number of nitriles is 1. The molecule has 0 unspecified atom stereocenters. The number of nitrogens with zero attached hydrogens (tertiary/aromatic N) is 1. The first-order valence-corrected chi connectivity index (χ1v) is 4.99. The average molecular weight is 219 g/mol. The summed E-state index contributed by atoms with van der Waals surface area (Å²) in [5.41, 5.74) is 2.32. The van der Waals surface area contributed by atoms with Gasteiger partial charge in [0.05, 0.1) is 24.7 Å². The highest BCUT2D eigenvalue weighted by atomic mass is 16.4. The molecule has 0 heterocycles. The fraction of sp³-hybridized carbons (Fsp3) is 0.333. The SMILES string of the molecule is CCc1cc(CO)cc(CC(=O)O)c1C#N. The van der Waals surface area contributed by atoms with E-state index in [4.69, 9.17) is 15.5 Å². The molecule has 0 bridgehead atoms. The Bertz CT molecular complexity index is 446. The van der Waals surface area contributed by atoms with E-state index < -0.39 is 5.97 Å². The zero-order valence-electron chi connectivity index (χ0n) is 9.03. The Kier molecular flexibility index (Phi) is 4.03. The Labute approximate surface area is 93.8 Å². The Balaban J connectivity index is 3.32. The van der Waals surface area contributed by atoms with E-state index in [1.807, 2.05) is 13.0 Å². The molecule has 1 aromatic carbocycles. The molecule has 0 spiro atoms. The van der Waals surface area contributed by atoms with Crippen LogP contribution in [0.2, 0.25) is 0 Å². The van der Waals surface area contributed by atoms with Gasteiger partial charge in [0.2, 0.25) is 0 Å². The van der Waals surface area contributed by atoms with Crippen LogP contribution >= 0.6 is 0 Å². The molecule has 2 N–H and O–H groups in total. The predicted molar refractivity (Wildman–Crippen MR) is 57.8 cm³/mol. The van der Waals surface area contributed by atoms with Crippen molar-refractivity contribution in [1.82, 2.24) is 0 Å². The molecule has 16 heavy (non-hydrogen) atoms. The minimum atomic E-state index is -0.978. The van der Waals surface area contributed by atoms with Gasteiger partial charge in [-0.2, -0.15) is 5.26 Å². The lowest BCUT2D eigenvalue weighted by Gasteiger charge is -2.09. The fourth-order valence-corrected chi connectivity index (χ4v) is 1.66. The number of carbonyl (C=O) groups is 1. The minimum absolute atomic E-state index is 0.147. The van der Waals surface area contributed by atoms with Gasteiger partial charge in [0.25, 0.3) is 0 Å². The number of aryl methyl sites for hydroxylation is 1. The van der Waals surface area contributed by atoms with E-state index in [1.54, 1.807) is 12.1 Å². The second-order valence-electron chi connectivity index (χ2n) is 3.48. The Morgan fingerprint density at radius 3 is 2.50 bits per heavy atom. The van der Waals surface area contributed by atoms with Gasteiger partial charge in [-0.05, 0) is 23.1 Å². The van der Waals surface area contributed by atoms with Crippen molar-refractivity contribution in [2.45, 2.75) is 26.4 Å². The maximum absolute atomic E-state index is 10.7. The lowest BCUT2D eigenvalue weighted by Crippen LogP contribution is -2.05. The molecule has 0 saturated carbocycles. The third kappa shape index (κ3) is 2.59. The zero-order valence-corrected chi connectivity index (χ0v) is 9.03. The Morgan fingerprint density at radius 1 is 1.44 bits per heavy atom. The van der Waals surface area contributed by atoms with Crippen LogP contribution in [-0.2, 0) is 24.2 Å². The average Bonchev–Trinajstić information content (AvgIpc) is 2.27. The smallest absolute Gasteiger partial charge is 0.307 e. The van der Waals surface area contributed by atoms with Gasteiger partial charge in [-0.1, -0.05) is 19.1 Å². The van der Waals surface area contributed by atoms with Crippen LogP contribution in [0, 0.1) is 11.3 Å². The third-order valence-corrected chi connectivity index (χ3v) is 2.38. The second kappa shape index (κ2) is 5.29. The summed E-state index contributed by atoms with van der Waals surface area (Å²) in [4.78, 5) is 10.7. The molecule has 0 aromatic heterocycles. The molecule has 84 valence electrons. The quantitative estimate of drug-likeness (QED) is 0.798. The number of hydrogen-bond donors (Lipinski definition) is 2. The van der Waals surface area contributed by atoms with Crippen LogP contribution in [0.15, 0.2) is 12.1 Å². The molecule has 0 saturated heterocycles.